The maximum Gasteiger partial charge on any atom is 0.326 e. The van der Waals surface area contributed by atoms with Gasteiger partial charge in [0.2, 0.25) is 47.3 Å². The van der Waals surface area contributed by atoms with Gasteiger partial charge in [0, 0.05) is 0 Å². The zero-order chi connectivity index (χ0) is 55.9. The lowest BCUT2D eigenvalue weighted by atomic mass is 9.97. The van der Waals surface area contributed by atoms with Crippen molar-refractivity contribution in [1.82, 2.24) is 42.5 Å². The highest BCUT2D eigenvalue weighted by atomic mass is 16.4. The standard InChI is InChI=1S/C53H99N9O10/c1-27(2)19-36(55-46(64)38(21-29(5)6)57-48(66)40(23-31(9)10)59-50(68)42(25-33(13)14)61-52(70)44(54)35(17)18)45(63)56-37(20-28(3)4)47(65)58-39(22-30(7)8)49(67)60-41(24-32(11)12)51(69)62-43(53(71)72)26-34(15)16/h27-44H,19-26,54H2,1-18H3,(H,55,64)(H,56,63)(H,57,66)(H,58,65)(H,59,68)(H,60,67)(H,61,70)(H,62,69)(H,71,72)/t36-,37-,38-,39-,40-,41-,42-,43-,44-/m0/s1. The Morgan fingerprint density at radius 1 is 0.278 bits per heavy atom. The normalized spacial score (nSPS) is 15.7. The van der Waals surface area contributed by atoms with Gasteiger partial charge in [-0.15, -0.1) is 0 Å². The van der Waals surface area contributed by atoms with Gasteiger partial charge in [-0.2, -0.15) is 0 Å². The van der Waals surface area contributed by atoms with Crippen LogP contribution in [0.4, 0.5) is 0 Å². The van der Waals surface area contributed by atoms with Crippen molar-refractivity contribution in [2.45, 2.75) is 230 Å². The second-order valence-corrected chi connectivity index (χ2v) is 23.6. The van der Waals surface area contributed by atoms with Crippen LogP contribution in [0.3, 0.4) is 0 Å². The van der Waals surface area contributed by atoms with Crippen LogP contribution in [-0.4, -0.2) is 113 Å². The Morgan fingerprint density at radius 2 is 0.417 bits per heavy atom. The van der Waals surface area contributed by atoms with Gasteiger partial charge in [0.25, 0.3) is 0 Å². The third-order valence-electron chi connectivity index (χ3n) is 11.7. The maximum absolute atomic E-state index is 14.3. The molecule has 0 radical (unpaired) electrons. The topological polar surface area (TPSA) is 296 Å². The molecule has 0 unspecified atom stereocenters. The summed E-state index contributed by atoms with van der Waals surface area (Å²) in [6.45, 7) is 33.6. The highest BCUT2D eigenvalue weighted by Crippen LogP contribution is 2.16. The summed E-state index contributed by atoms with van der Waals surface area (Å²) in [7, 11) is 0. The molecule has 0 aromatic carbocycles. The van der Waals surface area contributed by atoms with Crippen LogP contribution in [0.15, 0.2) is 0 Å². The van der Waals surface area contributed by atoms with Crippen molar-refractivity contribution in [2.24, 2.45) is 59.0 Å². The number of carbonyl (C=O) groups is 9. The lowest BCUT2D eigenvalue weighted by molar-refractivity contribution is -0.143. The second kappa shape index (κ2) is 33.1. The van der Waals surface area contributed by atoms with E-state index in [9.17, 15) is 48.3 Å². The molecule has 9 atom stereocenters. The minimum Gasteiger partial charge on any atom is -0.480 e. The number of carboxylic acid groups (broad SMARTS) is 1. The Bertz CT molecular complexity index is 1750. The predicted molar refractivity (Wildman–Crippen MR) is 282 cm³/mol. The quantitative estimate of drug-likeness (QED) is 0.0434. The van der Waals surface area contributed by atoms with E-state index in [4.69, 9.17) is 5.73 Å². The molecule has 0 aliphatic heterocycles. The van der Waals surface area contributed by atoms with Crippen LogP contribution in [0.5, 0.6) is 0 Å². The van der Waals surface area contributed by atoms with Gasteiger partial charge in [-0.3, -0.25) is 38.4 Å². The van der Waals surface area contributed by atoms with Crippen LogP contribution in [0, 0.1) is 53.3 Å². The van der Waals surface area contributed by atoms with Gasteiger partial charge >= 0.3 is 5.97 Å². The number of carbonyl (C=O) groups excluding carboxylic acids is 8. The summed E-state index contributed by atoms with van der Waals surface area (Å²) in [6, 6.07) is -9.69. The first-order valence-corrected chi connectivity index (χ1v) is 26.6. The summed E-state index contributed by atoms with van der Waals surface area (Å²) in [5, 5.41) is 32.0. The minimum absolute atomic E-state index is 0.0120. The lowest BCUT2D eigenvalue weighted by Gasteiger charge is -2.30. The van der Waals surface area contributed by atoms with Crippen molar-refractivity contribution in [1.29, 1.82) is 0 Å². The van der Waals surface area contributed by atoms with Gasteiger partial charge in [0.1, 0.15) is 48.3 Å². The Labute approximate surface area is 432 Å². The molecule has 19 nitrogen and oxygen atoms in total. The van der Waals surface area contributed by atoms with Crippen LogP contribution in [0.2, 0.25) is 0 Å². The molecule has 0 heterocycles. The third kappa shape index (κ3) is 27.3. The summed E-state index contributed by atoms with van der Waals surface area (Å²) in [5.74, 6) is -6.80. The molecule has 0 aromatic rings. The number of hydrogen-bond donors (Lipinski definition) is 10. The summed E-state index contributed by atoms with van der Waals surface area (Å²) >= 11 is 0. The number of nitrogens with one attached hydrogen (secondary N) is 8. The molecule has 416 valence electrons. The van der Waals surface area contributed by atoms with Crippen molar-refractivity contribution < 1.29 is 48.3 Å². The van der Waals surface area contributed by atoms with E-state index in [1.165, 1.54) is 0 Å². The van der Waals surface area contributed by atoms with Gasteiger partial charge in [-0.25, -0.2) is 4.79 Å². The number of carboxylic acids is 1. The van der Waals surface area contributed by atoms with E-state index in [0.717, 1.165) is 0 Å². The van der Waals surface area contributed by atoms with Crippen molar-refractivity contribution >= 4 is 53.2 Å². The summed E-state index contributed by atoms with van der Waals surface area (Å²) in [4.78, 5) is 123. The van der Waals surface area contributed by atoms with E-state index in [2.05, 4.69) is 42.5 Å². The van der Waals surface area contributed by atoms with Gasteiger partial charge in [0.05, 0.1) is 6.04 Å². The first-order chi connectivity index (χ1) is 33.1. The molecular weight excluding hydrogens is 923 g/mol. The molecule has 0 saturated heterocycles. The Kier molecular flexibility index (Phi) is 30.9. The van der Waals surface area contributed by atoms with Crippen molar-refractivity contribution in [3.8, 4) is 0 Å². The predicted octanol–water partition coefficient (Wildman–Crippen LogP) is 4.30. The van der Waals surface area contributed by atoms with Crippen LogP contribution >= 0.6 is 0 Å². The fraction of sp³-hybridized carbons (Fsp3) is 0.830. The molecule has 0 fully saturated rings. The number of hydrogen-bond acceptors (Lipinski definition) is 10. The highest BCUT2D eigenvalue weighted by molar-refractivity contribution is 5.98. The number of nitrogens with two attached hydrogens (primary N) is 1. The highest BCUT2D eigenvalue weighted by Gasteiger charge is 2.36. The zero-order valence-corrected chi connectivity index (χ0v) is 47.2. The molecule has 19 heteroatoms. The number of aliphatic carboxylic acids is 1. The van der Waals surface area contributed by atoms with Crippen LogP contribution in [-0.2, 0) is 43.2 Å². The Hall–Kier alpha value is -4.81. The number of rotatable bonds is 34. The SMILES string of the molecule is CC(C)C[C@H](NC(=O)[C@H](CC(C)C)NC(=O)[C@H](CC(C)C)NC(=O)[C@H](CC(C)C)NC(=O)[C@H](CC(C)C)NC(=O)[C@H](CC(C)C)NC(=O)[C@H](CC(C)C)NC(=O)[C@H](CC(C)C)NC(=O)[C@@H](N)C(C)C)C(=O)O. The zero-order valence-electron chi connectivity index (χ0n) is 47.2. The van der Waals surface area contributed by atoms with E-state index in [0.29, 0.717) is 6.42 Å². The fourth-order valence-electron chi connectivity index (χ4n) is 8.09. The Balaban J connectivity index is 6.69. The van der Waals surface area contributed by atoms with E-state index < -0.39 is 108 Å². The average Bonchev–Trinajstić information content (AvgIpc) is 3.22. The van der Waals surface area contributed by atoms with Gasteiger partial charge in [0.15, 0.2) is 0 Å². The summed E-state index contributed by atoms with van der Waals surface area (Å²) in [6.07, 6.45) is 1.61. The summed E-state index contributed by atoms with van der Waals surface area (Å²) < 4.78 is 0. The molecule has 0 saturated carbocycles. The number of amides is 8. The van der Waals surface area contributed by atoms with E-state index in [1.807, 2.05) is 111 Å². The fourth-order valence-corrected chi connectivity index (χ4v) is 8.09. The smallest absolute Gasteiger partial charge is 0.326 e. The minimum atomic E-state index is -1.19. The first-order valence-electron chi connectivity index (χ1n) is 26.6. The second-order valence-electron chi connectivity index (χ2n) is 23.6. The molecule has 0 spiro atoms. The third-order valence-corrected chi connectivity index (χ3v) is 11.7. The van der Waals surface area contributed by atoms with Crippen molar-refractivity contribution in [2.75, 3.05) is 0 Å². The lowest BCUT2D eigenvalue weighted by Crippen LogP contribution is -2.61. The molecule has 0 aliphatic rings. The van der Waals surface area contributed by atoms with Gasteiger partial charge in [-0.05, 0) is 105 Å². The molecule has 8 amide bonds. The van der Waals surface area contributed by atoms with E-state index in [-0.39, 0.29) is 98.2 Å². The Morgan fingerprint density at radius 3 is 0.556 bits per heavy atom. The molecule has 0 aromatic heterocycles. The molecule has 11 N–H and O–H groups in total. The van der Waals surface area contributed by atoms with E-state index in [1.54, 1.807) is 13.8 Å². The van der Waals surface area contributed by atoms with E-state index >= 15 is 0 Å². The van der Waals surface area contributed by atoms with Crippen LogP contribution in [0.25, 0.3) is 0 Å². The van der Waals surface area contributed by atoms with Gasteiger partial charge < -0.3 is 53.4 Å². The maximum atomic E-state index is 14.3. The van der Waals surface area contributed by atoms with Crippen molar-refractivity contribution in [3.63, 3.8) is 0 Å². The van der Waals surface area contributed by atoms with Gasteiger partial charge in [-0.1, -0.05) is 125 Å². The first kappa shape index (κ1) is 67.2. The molecule has 0 bridgehead atoms. The van der Waals surface area contributed by atoms with Crippen molar-refractivity contribution in [3.05, 3.63) is 0 Å². The average molecular weight is 1020 g/mol. The molecule has 72 heavy (non-hydrogen) atoms. The largest absolute Gasteiger partial charge is 0.480 e. The van der Waals surface area contributed by atoms with Crippen LogP contribution in [0.1, 0.15) is 176 Å². The van der Waals surface area contributed by atoms with Crippen LogP contribution < -0.4 is 48.3 Å². The molecular formula is C53H99N9O10. The molecule has 0 rings (SSSR count). The summed E-state index contributed by atoms with van der Waals surface area (Å²) in [5.41, 5.74) is 6.09. The monoisotopic (exact) mass is 1020 g/mol. The molecule has 0 aliphatic carbocycles.